The van der Waals surface area contributed by atoms with Crippen LogP contribution in [0.3, 0.4) is 0 Å². The Hall–Kier alpha value is -0.300. The molecular weight excluding hydrogens is 184 g/mol. The van der Waals surface area contributed by atoms with Crippen LogP contribution in [0.2, 0.25) is 0 Å². The van der Waals surface area contributed by atoms with Crippen molar-refractivity contribution in [2.45, 2.75) is 31.5 Å². The summed E-state index contributed by atoms with van der Waals surface area (Å²) >= 11 is 0. The Labute approximate surface area is 90.9 Å². The van der Waals surface area contributed by atoms with Crippen LogP contribution in [0.25, 0.3) is 0 Å². The fraction of sp³-hybridized carbons (Fsp3) is 0.857. The van der Waals surface area contributed by atoms with Crippen molar-refractivity contribution in [2.24, 2.45) is 41.4 Å². The maximum Gasteiger partial charge on any atom is 0.0875 e. The predicted octanol–water partition coefficient (Wildman–Crippen LogP) is 2.48. The predicted molar refractivity (Wildman–Crippen MR) is 57.1 cm³/mol. The van der Waals surface area contributed by atoms with Gasteiger partial charge in [-0.25, -0.2) is 0 Å². The van der Waals surface area contributed by atoms with Crippen LogP contribution in [-0.4, -0.2) is 12.2 Å². The molecule has 0 radical (unpaired) electrons. The molecule has 0 N–H and O–H groups in total. The van der Waals surface area contributed by atoms with Crippen molar-refractivity contribution < 1.29 is 4.74 Å². The van der Waals surface area contributed by atoms with E-state index >= 15 is 0 Å². The highest BCUT2D eigenvalue weighted by atomic mass is 16.6. The van der Waals surface area contributed by atoms with Gasteiger partial charge in [-0.05, 0) is 60.7 Å². The molecule has 15 heavy (non-hydrogen) atoms. The van der Waals surface area contributed by atoms with Crippen LogP contribution >= 0.6 is 0 Å². The normalized spacial score (nSPS) is 71.9. The van der Waals surface area contributed by atoms with Crippen LogP contribution in [0.15, 0.2) is 12.7 Å². The highest BCUT2D eigenvalue weighted by Crippen LogP contribution is 2.72. The lowest BCUT2D eigenvalue weighted by atomic mass is 9.67. The lowest BCUT2D eigenvalue weighted by Crippen LogP contribution is -2.35. The highest BCUT2D eigenvalue weighted by molar-refractivity contribution is 5.21. The molecule has 5 fully saturated rings. The summed E-state index contributed by atoms with van der Waals surface area (Å²) < 4.78 is 5.84. The Kier molecular flexibility index (Phi) is 1.16. The summed E-state index contributed by atoms with van der Waals surface area (Å²) in [6.07, 6.45) is 8.17. The Bertz CT molecular complexity index is 349. The maximum atomic E-state index is 5.84. The quantitative estimate of drug-likeness (QED) is 0.361. The summed E-state index contributed by atoms with van der Waals surface area (Å²) in [4.78, 5) is 0. The first-order chi connectivity index (χ1) is 7.38. The molecular formula is C14H18O. The molecule has 5 aliphatic rings. The molecule has 1 aliphatic heterocycles. The highest BCUT2D eigenvalue weighted by Gasteiger charge is 2.73. The molecule has 1 nitrogen and oxygen atoms in total. The van der Waals surface area contributed by atoms with Gasteiger partial charge in [0.1, 0.15) is 0 Å². The molecule has 1 heterocycles. The van der Waals surface area contributed by atoms with Crippen LogP contribution in [0.4, 0.5) is 0 Å². The zero-order chi connectivity index (χ0) is 9.73. The topological polar surface area (TPSA) is 12.5 Å². The lowest BCUT2D eigenvalue weighted by Gasteiger charge is -2.36. The Morgan fingerprint density at radius 1 is 0.933 bits per heavy atom. The molecule has 9 atom stereocenters. The number of hydrogen-bond acceptors (Lipinski definition) is 1. The number of rotatable bonds is 1. The Morgan fingerprint density at radius 2 is 1.73 bits per heavy atom. The van der Waals surface area contributed by atoms with Gasteiger partial charge in [0.25, 0.3) is 0 Å². The van der Waals surface area contributed by atoms with Gasteiger partial charge in [-0.2, -0.15) is 0 Å². The molecule has 1 heteroatoms. The minimum absolute atomic E-state index is 0.709. The van der Waals surface area contributed by atoms with Crippen molar-refractivity contribution in [1.82, 2.24) is 0 Å². The largest absolute Gasteiger partial charge is 0.369 e. The van der Waals surface area contributed by atoms with Gasteiger partial charge in [-0.15, -0.1) is 6.58 Å². The van der Waals surface area contributed by atoms with E-state index in [0.717, 1.165) is 47.5 Å². The van der Waals surface area contributed by atoms with E-state index in [4.69, 9.17) is 4.74 Å². The summed E-state index contributed by atoms with van der Waals surface area (Å²) in [7, 11) is 0. The molecule has 4 aliphatic carbocycles. The number of hydrogen-bond donors (Lipinski definition) is 0. The van der Waals surface area contributed by atoms with Crippen molar-refractivity contribution in [1.29, 1.82) is 0 Å². The van der Waals surface area contributed by atoms with Crippen LogP contribution in [-0.2, 0) is 4.74 Å². The molecule has 4 saturated carbocycles. The minimum atomic E-state index is 0.709. The van der Waals surface area contributed by atoms with Gasteiger partial charge in [0.05, 0.1) is 12.2 Å². The monoisotopic (exact) mass is 202 g/mol. The van der Waals surface area contributed by atoms with E-state index in [-0.39, 0.29) is 0 Å². The van der Waals surface area contributed by atoms with Gasteiger partial charge in [-0.1, -0.05) is 6.08 Å². The van der Waals surface area contributed by atoms with E-state index in [1.807, 2.05) is 0 Å². The second-order valence-electron chi connectivity index (χ2n) is 6.58. The molecule has 4 bridgehead atoms. The van der Waals surface area contributed by atoms with Crippen LogP contribution in [0.5, 0.6) is 0 Å². The smallest absolute Gasteiger partial charge is 0.0875 e. The molecule has 1 saturated heterocycles. The first-order valence-electron chi connectivity index (χ1n) is 6.66. The number of ether oxygens (including phenoxy) is 1. The van der Waals surface area contributed by atoms with Crippen molar-refractivity contribution in [2.75, 3.05) is 0 Å². The fourth-order valence-electron chi connectivity index (χ4n) is 6.17. The van der Waals surface area contributed by atoms with E-state index in [1.165, 1.54) is 19.3 Å². The van der Waals surface area contributed by atoms with E-state index in [2.05, 4.69) is 12.7 Å². The van der Waals surface area contributed by atoms with E-state index < -0.39 is 0 Å². The zero-order valence-electron chi connectivity index (χ0n) is 9.01. The fourth-order valence-corrected chi connectivity index (χ4v) is 6.17. The van der Waals surface area contributed by atoms with Crippen LogP contribution in [0, 0.1) is 41.4 Å². The molecule has 0 amide bonds. The van der Waals surface area contributed by atoms with E-state index in [0.29, 0.717) is 6.10 Å². The SMILES string of the molecule is C=C[C@H]1C[C@H]2C[C@@H]1[C@H]1[C@@H]3C[C@H]([C@H]4O[C@H]34)[C@H]21. The number of epoxide rings is 1. The van der Waals surface area contributed by atoms with Gasteiger partial charge in [0.15, 0.2) is 0 Å². The third-order valence-corrected chi connectivity index (χ3v) is 6.42. The van der Waals surface area contributed by atoms with Crippen molar-refractivity contribution in [3.05, 3.63) is 12.7 Å². The summed E-state index contributed by atoms with van der Waals surface area (Å²) in [5.41, 5.74) is 0. The van der Waals surface area contributed by atoms with Crippen LogP contribution < -0.4 is 0 Å². The Morgan fingerprint density at radius 3 is 2.53 bits per heavy atom. The molecule has 0 aromatic rings. The summed E-state index contributed by atoms with van der Waals surface area (Å²) in [5.74, 6) is 6.95. The first kappa shape index (κ1) is 7.89. The third-order valence-electron chi connectivity index (χ3n) is 6.42. The lowest BCUT2D eigenvalue weighted by molar-refractivity contribution is 0.138. The molecule has 0 aromatic heterocycles. The molecule has 80 valence electrons. The second-order valence-corrected chi connectivity index (χ2v) is 6.58. The van der Waals surface area contributed by atoms with E-state index in [1.54, 1.807) is 0 Å². The average Bonchev–Trinajstić information content (AvgIpc) is 2.69. The van der Waals surface area contributed by atoms with Gasteiger partial charge < -0.3 is 4.74 Å². The van der Waals surface area contributed by atoms with Gasteiger partial charge >= 0.3 is 0 Å². The first-order valence-corrected chi connectivity index (χ1v) is 6.66. The maximum absolute atomic E-state index is 5.84. The van der Waals surface area contributed by atoms with Gasteiger partial charge in [0, 0.05) is 0 Å². The molecule has 0 aromatic carbocycles. The average molecular weight is 202 g/mol. The summed E-state index contributed by atoms with van der Waals surface area (Å²) in [5, 5.41) is 0. The number of allylic oxidation sites excluding steroid dienone is 1. The standard InChI is InChI=1S/C14H18O/c1-2-6-3-7-4-8(6)12-10-5-9(11(7)12)13-14(10)15-13/h2,6-14H,1,3-5H2/t6-,7-,8-,9-,10-,11-,12-,13+,14+/m0/s1. The third kappa shape index (κ3) is 0.702. The van der Waals surface area contributed by atoms with Crippen LogP contribution in [0.1, 0.15) is 19.3 Å². The van der Waals surface area contributed by atoms with E-state index in [9.17, 15) is 0 Å². The van der Waals surface area contributed by atoms with Gasteiger partial charge in [0.2, 0.25) is 0 Å². The Balaban J connectivity index is 1.58. The summed E-state index contributed by atoms with van der Waals surface area (Å²) in [6, 6.07) is 0. The van der Waals surface area contributed by atoms with Gasteiger partial charge in [-0.3, -0.25) is 0 Å². The molecule has 0 unspecified atom stereocenters. The minimum Gasteiger partial charge on any atom is -0.369 e. The van der Waals surface area contributed by atoms with Crippen molar-refractivity contribution in [3.63, 3.8) is 0 Å². The van der Waals surface area contributed by atoms with Crippen molar-refractivity contribution >= 4 is 0 Å². The van der Waals surface area contributed by atoms with Crippen molar-refractivity contribution in [3.8, 4) is 0 Å². The zero-order valence-corrected chi connectivity index (χ0v) is 9.01. The summed E-state index contributed by atoms with van der Waals surface area (Å²) in [6.45, 7) is 4.04. The molecule has 5 rings (SSSR count). The number of fused-ring (bicyclic) bond motifs is 12. The second kappa shape index (κ2) is 2.20. The molecule has 0 spiro atoms.